The molecule has 0 aliphatic rings. The lowest BCUT2D eigenvalue weighted by atomic mass is 10.2. The Morgan fingerprint density at radius 2 is 2.04 bits per heavy atom. The molecule has 0 aliphatic heterocycles. The zero-order chi connectivity index (χ0) is 15.7. The number of benzene rings is 1. The van der Waals surface area contributed by atoms with E-state index in [0.29, 0.717) is 10.8 Å². The molecule has 1 N–H and O–H groups in total. The lowest BCUT2D eigenvalue weighted by molar-refractivity contribution is 0.386. The van der Waals surface area contributed by atoms with Crippen LogP contribution in [0.25, 0.3) is 11.3 Å². The molecule has 7 heteroatoms. The monoisotopic (exact) mass is 354 g/mol. The molecule has 1 aromatic carbocycles. The van der Waals surface area contributed by atoms with Crippen molar-refractivity contribution in [2.75, 3.05) is 12.4 Å². The maximum absolute atomic E-state index is 13.7. The Kier molecular flexibility index (Phi) is 5.28. The van der Waals surface area contributed by atoms with Crippen molar-refractivity contribution in [2.24, 2.45) is 0 Å². The lowest BCUT2D eigenvalue weighted by Crippen LogP contribution is -1.93. The molecule has 3 rings (SSSR count). The van der Waals surface area contributed by atoms with Gasteiger partial charge < -0.3 is 14.5 Å². The molecular weight excluding hydrogens is 339 g/mol. The van der Waals surface area contributed by atoms with Crippen LogP contribution in [-0.4, -0.2) is 12.1 Å². The molecular formula is C16H16ClFN2O2S. The van der Waals surface area contributed by atoms with E-state index in [1.807, 2.05) is 25.3 Å². The summed E-state index contributed by atoms with van der Waals surface area (Å²) in [7, 11) is 1.44. The van der Waals surface area contributed by atoms with Crippen molar-refractivity contribution in [3.63, 3.8) is 0 Å². The first kappa shape index (κ1) is 17.3. The summed E-state index contributed by atoms with van der Waals surface area (Å²) in [4.78, 5) is 4.52. The molecule has 0 fully saturated rings. The van der Waals surface area contributed by atoms with Gasteiger partial charge in [0.1, 0.15) is 11.5 Å². The fourth-order valence-electron chi connectivity index (χ4n) is 2.21. The largest absolute Gasteiger partial charge is 0.494 e. The third kappa shape index (κ3) is 3.65. The summed E-state index contributed by atoms with van der Waals surface area (Å²) in [6.45, 7) is 3.82. The van der Waals surface area contributed by atoms with Crippen molar-refractivity contribution in [1.29, 1.82) is 0 Å². The number of nitrogens with zero attached hydrogens (tertiary/aromatic N) is 1. The highest BCUT2D eigenvalue weighted by Crippen LogP contribution is 2.31. The van der Waals surface area contributed by atoms with Crippen LogP contribution in [0.4, 0.5) is 15.2 Å². The molecule has 2 heterocycles. The zero-order valence-corrected chi connectivity index (χ0v) is 14.5. The highest BCUT2D eigenvalue weighted by molar-refractivity contribution is 7.14. The quantitative estimate of drug-likeness (QED) is 0.687. The van der Waals surface area contributed by atoms with E-state index < -0.39 is 5.82 Å². The van der Waals surface area contributed by atoms with Gasteiger partial charge in [0.15, 0.2) is 16.7 Å². The van der Waals surface area contributed by atoms with Crippen LogP contribution in [0.1, 0.15) is 11.5 Å². The number of furan rings is 1. The standard InChI is InChI=1S/C16H15FN2O2S.ClH/c1-9-6-12(10(2)21-9)14-8-22-16(19-14)18-11-4-5-15(20-3)13(17)7-11;/h4-8H,1-3H3,(H,18,19);1H. The average molecular weight is 355 g/mol. The number of hydrogen-bond donors (Lipinski definition) is 1. The number of hydrogen-bond acceptors (Lipinski definition) is 5. The van der Waals surface area contributed by atoms with Crippen molar-refractivity contribution in [3.8, 4) is 17.0 Å². The van der Waals surface area contributed by atoms with Gasteiger partial charge in [-0.15, -0.1) is 23.7 Å². The summed E-state index contributed by atoms with van der Waals surface area (Å²) in [6, 6.07) is 6.67. The average Bonchev–Trinajstić information content (AvgIpc) is 3.05. The van der Waals surface area contributed by atoms with Crippen molar-refractivity contribution in [2.45, 2.75) is 13.8 Å². The van der Waals surface area contributed by atoms with Crippen LogP contribution >= 0.6 is 23.7 Å². The van der Waals surface area contributed by atoms with E-state index in [4.69, 9.17) is 9.15 Å². The number of aryl methyl sites for hydroxylation is 2. The van der Waals surface area contributed by atoms with Crippen LogP contribution in [0.15, 0.2) is 34.1 Å². The number of rotatable bonds is 4. The second kappa shape index (κ2) is 7.02. The summed E-state index contributed by atoms with van der Waals surface area (Å²) < 4.78 is 24.1. The third-order valence-electron chi connectivity index (χ3n) is 3.22. The highest BCUT2D eigenvalue weighted by Gasteiger charge is 2.12. The summed E-state index contributed by atoms with van der Waals surface area (Å²) in [6.07, 6.45) is 0. The van der Waals surface area contributed by atoms with E-state index in [-0.39, 0.29) is 18.2 Å². The summed E-state index contributed by atoms with van der Waals surface area (Å²) >= 11 is 1.46. The van der Waals surface area contributed by atoms with Gasteiger partial charge in [-0.3, -0.25) is 0 Å². The number of aromatic nitrogens is 1. The lowest BCUT2D eigenvalue weighted by Gasteiger charge is -2.05. The first-order valence-corrected chi connectivity index (χ1v) is 7.58. The summed E-state index contributed by atoms with van der Waals surface area (Å²) in [5, 5.41) is 5.73. The molecule has 0 spiro atoms. The number of thiazole rings is 1. The molecule has 3 aromatic rings. The van der Waals surface area contributed by atoms with E-state index in [0.717, 1.165) is 22.8 Å². The Morgan fingerprint density at radius 1 is 1.26 bits per heavy atom. The molecule has 0 unspecified atom stereocenters. The minimum atomic E-state index is -0.411. The first-order chi connectivity index (χ1) is 10.6. The second-order valence-electron chi connectivity index (χ2n) is 4.84. The molecule has 0 atom stereocenters. The number of anilines is 2. The van der Waals surface area contributed by atoms with E-state index in [1.165, 1.54) is 24.5 Å². The van der Waals surface area contributed by atoms with Gasteiger partial charge in [0.05, 0.1) is 12.8 Å². The normalized spacial score (nSPS) is 10.3. The minimum absolute atomic E-state index is 0. The molecule has 0 radical (unpaired) electrons. The molecule has 2 aromatic heterocycles. The highest BCUT2D eigenvalue weighted by atomic mass is 35.5. The Morgan fingerprint density at radius 3 is 2.65 bits per heavy atom. The van der Waals surface area contributed by atoms with Crippen molar-refractivity contribution in [3.05, 3.63) is 47.0 Å². The number of methoxy groups -OCH3 is 1. The molecule has 0 saturated heterocycles. The van der Waals surface area contributed by atoms with Gasteiger partial charge in [-0.2, -0.15) is 0 Å². The fraction of sp³-hybridized carbons (Fsp3) is 0.188. The van der Waals surface area contributed by atoms with Crippen LogP contribution in [0.2, 0.25) is 0 Å². The number of nitrogens with one attached hydrogen (secondary N) is 1. The molecule has 122 valence electrons. The van der Waals surface area contributed by atoms with Gasteiger partial charge >= 0.3 is 0 Å². The smallest absolute Gasteiger partial charge is 0.187 e. The van der Waals surface area contributed by atoms with Gasteiger partial charge in [0, 0.05) is 22.7 Å². The van der Waals surface area contributed by atoms with Crippen molar-refractivity contribution >= 4 is 34.6 Å². The zero-order valence-electron chi connectivity index (χ0n) is 12.8. The van der Waals surface area contributed by atoms with Crippen LogP contribution in [0, 0.1) is 19.7 Å². The SMILES string of the molecule is COc1ccc(Nc2nc(-c3cc(C)oc3C)cs2)cc1F.Cl. The van der Waals surface area contributed by atoms with E-state index in [1.54, 1.807) is 12.1 Å². The molecule has 23 heavy (non-hydrogen) atoms. The van der Waals surface area contributed by atoms with Gasteiger partial charge in [-0.1, -0.05) is 0 Å². The van der Waals surface area contributed by atoms with Gasteiger partial charge in [-0.05, 0) is 32.0 Å². The predicted octanol–water partition coefficient (Wildman–Crippen LogP) is 5.33. The predicted molar refractivity (Wildman–Crippen MR) is 92.8 cm³/mol. The third-order valence-corrected chi connectivity index (χ3v) is 3.98. The first-order valence-electron chi connectivity index (χ1n) is 6.70. The van der Waals surface area contributed by atoms with Crippen LogP contribution in [0.3, 0.4) is 0 Å². The minimum Gasteiger partial charge on any atom is -0.494 e. The van der Waals surface area contributed by atoms with Crippen molar-refractivity contribution < 1.29 is 13.5 Å². The Hall–Kier alpha value is -2.05. The van der Waals surface area contributed by atoms with Crippen LogP contribution < -0.4 is 10.1 Å². The van der Waals surface area contributed by atoms with Gasteiger partial charge in [-0.25, -0.2) is 9.37 Å². The number of ether oxygens (including phenoxy) is 1. The van der Waals surface area contributed by atoms with E-state index in [9.17, 15) is 4.39 Å². The second-order valence-corrected chi connectivity index (χ2v) is 5.70. The van der Waals surface area contributed by atoms with E-state index >= 15 is 0 Å². The number of halogens is 2. The maximum Gasteiger partial charge on any atom is 0.187 e. The Bertz CT molecular complexity index is 816. The van der Waals surface area contributed by atoms with Crippen LogP contribution in [0.5, 0.6) is 5.75 Å². The maximum atomic E-state index is 13.7. The molecule has 0 saturated carbocycles. The summed E-state index contributed by atoms with van der Waals surface area (Å²) in [5.74, 6) is 1.50. The Labute approximate surface area is 143 Å². The molecule has 0 amide bonds. The molecule has 4 nitrogen and oxygen atoms in total. The topological polar surface area (TPSA) is 47.3 Å². The fourth-order valence-corrected chi connectivity index (χ4v) is 2.94. The molecule has 0 bridgehead atoms. The van der Waals surface area contributed by atoms with Gasteiger partial charge in [0.2, 0.25) is 0 Å². The van der Waals surface area contributed by atoms with E-state index in [2.05, 4.69) is 10.3 Å². The Balaban J connectivity index is 0.00000192. The van der Waals surface area contributed by atoms with Crippen molar-refractivity contribution in [1.82, 2.24) is 4.98 Å². The summed E-state index contributed by atoms with van der Waals surface area (Å²) in [5.41, 5.74) is 2.44. The van der Waals surface area contributed by atoms with Gasteiger partial charge in [0.25, 0.3) is 0 Å². The van der Waals surface area contributed by atoms with Crippen LogP contribution in [-0.2, 0) is 0 Å². The molecule has 0 aliphatic carbocycles.